The Bertz CT molecular complexity index is 926. The molecule has 6 nitrogen and oxygen atoms in total. The van der Waals surface area contributed by atoms with Gasteiger partial charge >= 0.3 is 0 Å². The number of methoxy groups -OCH3 is 1. The molecule has 2 N–H and O–H groups in total. The molecule has 0 aliphatic heterocycles. The second kappa shape index (κ2) is 11.5. The van der Waals surface area contributed by atoms with Gasteiger partial charge in [-0.05, 0) is 37.6 Å². The van der Waals surface area contributed by atoms with Crippen molar-refractivity contribution in [3.63, 3.8) is 0 Å². The number of aliphatic imine (C=N–C) groups is 1. The molecule has 3 rings (SSSR count). The normalized spacial score (nSPS) is 10.9. The van der Waals surface area contributed by atoms with Crippen LogP contribution < -0.4 is 15.4 Å². The first-order valence-corrected chi connectivity index (χ1v) is 9.35. The van der Waals surface area contributed by atoms with E-state index >= 15 is 0 Å². The summed E-state index contributed by atoms with van der Waals surface area (Å²) in [6.45, 7) is 5.89. The molecule has 2 aromatic carbocycles. The summed E-state index contributed by atoms with van der Waals surface area (Å²) in [6.07, 6.45) is 1.67. The van der Waals surface area contributed by atoms with Crippen molar-refractivity contribution in [3.05, 3.63) is 71.6 Å². The minimum atomic E-state index is 0. The van der Waals surface area contributed by atoms with Crippen LogP contribution >= 0.6 is 24.0 Å². The van der Waals surface area contributed by atoms with E-state index in [0.717, 1.165) is 40.6 Å². The van der Waals surface area contributed by atoms with Crippen LogP contribution in [0.25, 0.3) is 11.5 Å². The van der Waals surface area contributed by atoms with Gasteiger partial charge in [-0.25, -0.2) is 9.98 Å². The molecule has 0 spiro atoms. The number of hydrogen-bond acceptors (Lipinski definition) is 4. The fourth-order valence-electron chi connectivity index (χ4n) is 2.76. The quantitative estimate of drug-likeness (QED) is 0.280. The highest BCUT2D eigenvalue weighted by Crippen LogP contribution is 2.21. The Labute approximate surface area is 188 Å². The first-order chi connectivity index (χ1) is 13.7. The summed E-state index contributed by atoms with van der Waals surface area (Å²) in [4.78, 5) is 9.19. The van der Waals surface area contributed by atoms with Crippen molar-refractivity contribution in [1.82, 2.24) is 15.6 Å². The average Bonchev–Trinajstić information content (AvgIpc) is 3.20. The highest BCUT2D eigenvalue weighted by Gasteiger charge is 2.08. The lowest BCUT2D eigenvalue weighted by molar-refractivity contribution is 0.409. The van der Waals surface area contributed by atoms with E-state index in [-0.39, 0.29) is 24.0 Å². The summed E-state index contributed by atoms with van der Waals surface area (Å²) in [6, 6.07) is 16.0. The van der Waals surface area contributed by atoms with Crippen LogP contribution in [0.2, 0.25) is 0 Å². The van der Waals surface area contributed by atoms with Crippen LogP contribution in [0.3, 0.4) is 0 Å². The lowest BCUT2D eigenvalue weighted by Crippen LogP contribution is -2.36. The van der Waals surface area contributed by atoms with Crippen molar-refractivity contribution in [1.29, 1.82) is 0 Å². The van der Waals surface area contributed by atoms with Crippen LogP contribution in [-0.4, -0.2) is 24.6 Å². The second-order valence-corrected chi connectivity index (χ2v) is 6.37. The predicted molar refractivity (Wildman–Crippen MR) is 127 cm³/mol. The minimum Gasteiger partial charge on any atom is -0.496 e. The molecule has 1 heterocycles. The van der Waals surface area contributed by atoms with E-state index in [1.165, 1.54) is 0 Å². The van der Waals surface area contributed by atoms with Gasteiger partial charge in [0.2, 0.25) is 5.89 Å². The number of oxazole rings is 1. The van der Waals surface area contributed by atoms with Gasteiger partial charge in [0.25, 0.3) is 0 Å². The molecule has 0 atom stereocenters. The summed E-state index contributed by atoms with van der Waals surface area (Å²) in [7, 11) is 1.68. The zero-order valence-corrected chi connectivity index (χ0v) is 19.3. The van der Waals surface area contributed by atoms with E-state index < -0.39 is 0 Å². The highest BCUT2D eigenvalue weighted by atomic mass is 127. The number of aromatic nitrogens is 1. The van der Waals surface area contributed by atoms with Gasteiger partial charge in [-0.2, -0.15) is 0 Å². The molecule has 0 saturated carbocycles. The van der Waals surface area contributed by atoms with Gasteiger partial charge in [-0.3, -0.25) is 0 Å². The Kier molecular flexibility index (Phi) is 8.98. The van der Waals surface area contributed by atoms with Gasteiger partial charge in [0.05, 0.1) is 25.9 Å². The first-order valence-electron chi connectivity index (χ1n) is 9.35. The molecule has 0 aliphatic carbocycles. The third-order valence-corrected chi connectivity index (χ3v) is 4.20. The smallest absolute Gasteiger partial charge is 0.226 e. The Balaban J connectivity index is 0.00000300. The monoisotopic (exact) mass is 506 g/mol. The fraction of sp³-hybridized carbons (Fsp3) is 0.273. The average molecular weight is 506 g/mol. The summed E-state index contributed by atoms with van der Waals surface area (Å²) in [5, 5.41) is 6.55. The molecule has 0 aliphatic rings. The van der Waals surface area contributed by atoms with Crippen molar-refractivity contribution in [2.24, 2.45) is 4.99 Å². The molecular formula is C22H27IN4O2. The molecule has 1 aromatic heterocycles. The second-order valence-electron chi connectivity index (χ2n) is 6.37. The molecule has 0 radical (unpaired) electrons. The van der Waals surface area contributed by atoms with Gasteiger partial charge in [0, 0.05) is 17.7 Å². The number of nitrogens with zero attached hydrogens (tertiary/aromatic N) is 2. The number of nitrogens with one attached hydrogen (secondary N) is 2. The zero-order valence-electron chi connectivity index (χ0n) is 16.9. The Hall–Kier alpha value is -2.55. The third kappa shape index (κ3) is 6.49. The molecule has 3 aromatic rings. The molecule has 29 heavy (non-hydrogen) atoms. The van der Waals surface area contributed by atoms with Crippen molar-refractivity contribution < 1.29 is 9.15 Å². The SMILES string of the molecule is CCNC(=NCc1ccc(C)cc1OC)NCc1coc(-c2ccccc2)n1.I. The Morgan fingerprint density at radius 1 is 1.14 bits per heavy atom. The molecule has 0 fully saturated rings. The molecule has 0 amide bonds. The van der Waals surface area contributed by atoms with Crippen LogP contribution in [0, 0.1) is 6.92 Å². The third-order valence-electron chi connectivity index (χ3n) is 4.20. The molecule has 7 heteroatoms. The highest BCUT2D eigenvalue weighted by molar-refractivity contribution is 14.0. The number of rotatable bonds is 7. The van der Waals surface area contributed by atoms with E-state index in [1.54, 1.807) is 13.4 Å². The van der Waals surface area contributed by atoms with E-state index in [2.05, 4.69) is 26.7 Å². The first kappa shape index (κ1) is 22.7. The van der Waals surface area contributed by atoms with Gasteiger partial charge < -0.3 is 19.8 Å². The van der Waals surface area contributed by atoms with Gasteiger partial charge in [0.15, 0.2) is 5.96 Å². The van der Waals surface area contributed by atoms with Gasteiger partial charge in [-0.15, -0.1) is 24.0 Å². The standard InChI is InChI=1S/C22H26N4O2.HI/c1-4-23-22(24-13-18-11-10-16(2)12-20(18)27-3)25-14-19-15-28-21(26-19)17-8-6-5-7-9-17;/h5-12,15H,4,13-14H2,1-3H3,(H2,23,24,25);1H. The molecule has 0 saturated heterocycles. The van der Waals surface area contributed by atoms with E-state index in [4.69, 9.17) is 9.15 Å². The van der Waals surface area contributed by atoms with E-state index in [1.807, 2.05) is 56.3 Å². The van der Waals surface area contributed by atoms with Crippen molar-refractivity contribution in [3.8, 4) is 17.2 Å². The molecular weight excluding hydrogens is 479 g/mol. The number of guanidine groups is 1. The predicted octanol–water partition coefficient (Wildman–Crippen LogP) is 4.53. The van der Waals surface area contributed by atoms with Crippen LogP contribution in [0.5, 0.6) is 5.75 Å². The topological polar surface area (TPSA) is 71.7 Å². The van der Waals surface area contributed by atoms with E-state index in [0.29, 0.717) is 19.0 Å². The lowest BCUT2D eigenvalue weighted by Gasteiger charge is -2.11. The van der Waals surface area contributed by atoms with Gasteiger partial charge in [-0.1, -0.05) is 30.3 Å². The minimum absolute atomic E-state index is 0. The van der Waals surface area contributed by atoms with Crippen molar-refractivity contribution in [2.45, 2.75) is 26.9 Å². The maximum Gasteiger partial charge on any atom is 0.226 e. The molecule has 154 valence electrons. The van der Waals surface area contributed by atoms with Crippen molar-refractivity contribution >= 4 is 29.9 Å². The summed E-state index contributed by atoms with van der Waals surface area (Å²) >= 11 is 0. The number of hydrogen-bond donors (Lipinski definition) is 2. The van der Waals surface area contributed by atoms with Crippen LogP contribution in [0.15, 0.2) is 64.2 Å². The summed E-state index contributed by atoms with van der Waals surface area (Å²) < 4.78 is 11.0. The maximum atomic E-state index is 5.59. The Morgan fingerprint density at radius 3 is 2.66 bits per heavy atom. The van der Waals surface area contributed by atoms with E-state index in [9.17, 15) is 0 Å². The van der Waals surface area contributed by atoms with Crippen LogP contribution in [0.1, 0.15) is 23.7 Å². The fourth-order valence-corrected chi connectivity index (χ4v) is 2.76. The molecule has 0 bridgehead atoms. The number of aryl methyl sites for hydroxylation is 1. The Morgan fingerprint density at radius 2 is 1.93 bits per heavy atom. The summed E-state index contributed by atoms with van der Waals surface area (Å²) in [5.74, 6) is 2.18. The number of halogens is 1. The number of benzene rings is 2. The lowest BCUT2D eigenvalue weighted by atomic mass is 10.1. The largest absolute Gasteiger partial charge is 0.496 e. The van der Waals surface area contributed by atoms with Crippen LogP contribution in [-0.2, 0) is 13.1 Å². The van der Waals surface area contributed by atoms with Gasteiger partial charge in [0.1, 0.15) is 12.0 Å². The van der Waals surface area contributed by atoms with Crippen LogP contribution in [0.4, 0.5) is 0 Å². The summed E-state index contributed by atoms with van der Waals surface area (Å²) in [5.41, 5.74) is 3.98. The number of ether oxygens (including phenoxy) is 1. The molecule has 0 unspecified atom stereocenters. The maximum absolute atomic E-state index is 5.59. The zero-order chi connectivity index (χ0) is 19.8. The van der Waals surface area contributed by atoms with Crippen molar-refractivity contribution in [2.75, 3.05) is 13.7 Å².